The fraction of sp³-hybridized carbons (Fsp3) is 0.421. The van der Waals surface area contributed by atoms with Crippen molar-refractivity contribution in [1.82, 2.24) is 10.3 Å². The Kier molecular flexibility index (Phi) is 4.64. The molecule has 0 bridgehead atoms. The summed E-state index contributed by atoms with van der Waals surface area (Å²) in [4.78, 5) is 30.0. The van der Waals surface area contributed by atoms with Gasteiger partial charge in [-0.25, -0.2) is 9.78 Å². The fourth-order valence-corrected chi connectivity index (χ4v) is 4.33. The molecule has 2 N–H and O–H groups in total. The number of carbonyl (C=O) groups excluding carboxylic acids is 1. The second-order valence-corrected chi connectivity index (χ2v) is 7.83. The zero-order chi connectivity index (χ0) is 18.2. The van der Waals surface area contributed by atoms with E-state index in [1.54, 1.807) is 6.92 Å². The molecule has 1 aromatic heterocycles. The molecule has 1 amide bonds. The number of thiazole rings is 1. The number of carboxylic acid groups (broad SMARTS) is 1. The number of hydrogen-bond acceptors (Lipinski definition) is 4. The summed E-state index contributed by atoms with van der Waals surface area (Å²) in [5.74, 6) is -1.14. The first-order chi connectivity index (χ1) is 11.8. The van der Waals surface area contributed by atoms with Gasteiger partial charge in [0.1, 0.15) is 4.88 Å². The lowest BCUT2D eigenvalue weighted by atomic mass is 9.76. The SMILES string of the molecule is Cc1nc(C(C)C)sc1C(=O)NC1(C(=O)O)CCCc2ccccc21. The summed E-state index contributed by atoms with van der Waals surface area (Å²) < 4.78 is 0. The molecule has 1 aromatic carbocycles. The topological polar surface area (TPSA) is 79.3 Å². The van der Waals surface area contributed by atoms with E-state index in [0.717, 1.165) is 23.4 Å². The molecule has 1 aliphatic rings. The van der Waals surface area contributed by atoms with Crippen LogP contribution in [0.25, 0.3) is 0 Å². The van der Waals surface area contributed by atoms with Gasteiger partial charge in [0.2, 0.25) is 0 Å². The Bertz CT molecular complexity index is 828. The number of benzene rings is 1. The van der Waals surface area contributed by atoms with Gasteiger partial charge < -0.3 is 10.4 Å². The first-order valence-electron chi connectivity index (χ1n) is 8.47. The van der Waals surface area contributed by atoms with Crippen LogP contribution in [0.2, 0.25) is 0 Å². The van der Waals surface area contributed by atoms with E-state index in [4.69, 9.17) is 0 Å². The number of rotatable bonds is 4. The van der Waals surface area contributed by atoms with Crippen LogP contribution >= 0.6 is 11.3 Å². The molecular formula is C19H22N2O3S. The molecule has 0 saturated carbocycles. The van der Waals surface area contributed by atoms with E-state index in [-0.39, 0.29) is 11.8 Å². The number of fused-ring (bicyclic) bond motifs is 1. The Balaban J connectivity index is 1.99. The van der Waals surface area contributed by atoms with E-state index in [0.29, 0.717) is 22.6 Å². The van der Waals surface area contributed by atoms with E-state index in [9.17, 15) is 14.7 Å². The van der Waals surface area contributed by atoms with Crippen LogP contribution in [-0.2, 0) is 16.8 Å². The summed E-state index contributed by atoms with van der Waals surface area (Å²) in [6, 6.07) is 7.47. The third kappa shape index (κ3) is 3.06. The van der Waals surface area contributed by atoms with Crippen molar-refractivity contribution in [1.29, 1.82) is 0 Å². The zero-order valence-electron chi connectivity index (χ0n) is 14.6. The molecular weight excluding hydrogens is 336 g/mol. The van der Waals surface area contributed by atoms with Gasteiger partial charge in [-0.05, 0) is 37.3 Å². The van der Waals surface area contributed by atoms with E-state index in [2.05, 4.69) is 10.3 Å². The maximum absolute atomic E-state index is 12.9. The van der Waals surface area contributed by atoms with Crippen LogP contribution in [0.5, 0.6) is 0 Å². The van der Waals surface area contributed by atoms with E-state index < -0.39 is 11.5 Å². The molecule has 0 aliphatic heterocycles. The highest BCUT2D eigenvalue weighted by molar-refractivity contribution is 7.13. The number of aliphatic carboxylic acids is 1. The van der Waals surface area contributed by atoms with Crippen LogP contribution in [0.3, 0.4) is 0 Å². The summed E-state index contributed by atoms with van der Waals surface area (Å²) >= 11 is 1.34. The Labute approximate surface area is 151 Å². The highest BCUT2D eigenvalue weighted by Gasteiger charge is 2.45. The van der Waals surface area contributed by atoms with Gasteiger partial charge in [0.05, 0.1) is 10.7 Å². The molecule has 0 spiro atoms. The van der Waals surface area contributed by atoms with Gasteiger partial charge in [-0.3, -0.25) is 4.79 Å². The second kappa shape index (κ2) is 6.59. The quantitative estimate of drug-likeness (QED) is 0.875. The van der Waals surface area contributed by atoms with Crippen LogP contribution in [0.1, 0.15) is 64.1 Å². The number of nitrogens with one attached hydrogen (secondary N) is 1. The lowest BCUT2D eigenvalue weighted by Crippen LogP contribution is -2.53. The van der Waals surface area contributed by atoms with Gasteiger partial charge in [0.15, 0.2) is 5.54 Å². The largest absolute Gasteiger partial charge is 0.479 e. The standard InChI is InChI=1S/C19H22N2O3S/c1-11(2)17-20-12(3)15(25-17)16(22)21-19(18(23)24)10-6-8-13-7-4-5-9-14(13)19/h4-5,7,9,11H,6,8,10H2,1-3H3,(H,21,22)(H,23,24). The number of carboxylic acids is 1. The molecule has 1 unspecified atom stereocenters. The predicted molar refractivity (Wildman–Crippen MR) is 97.1 cm³/mol. The molecule has 132 valence electrons. The van der Waals surface area contributed by atoms with Crippen molar-refractivity contribution in [3.63, 3.8) is 0 Å². The molecule has 0 fully saturated rings. The van der Waals surface area contributed by atoms with E-state index in [1.807, 2.05) is 38.1 Å². The molecule has 0 saturated heterocycles. The predicted octanol–water partition coefficient (Wildman–Crippen LogP) is 3.62. The van der Waals surface area contributed by atoms with Gasteiger partial charge in [-0.1, -0.05) is 38.1 Å². The summed E-state index contributed by atoms with van der Waals surface area (Å²) in [7, 11) is 0. The van der Waals surface area contributed by atoms with Crippen LogP contribution in [0, 0.1) is 6.92 Å². The monoisotopic (exact) mass is 358 g/mol. The minimum absolute atomic E-state index is 0.231. The molecule has 1 aliphatic carbocycles. The molecule has 1 atom stereocenters. The van der Waals surface area contributed by atoms with Gasteiger partial charge >= 0.3 is 5.97 Å². The minimum Gasteiger partial charge on any atom is -0.479 e. The summed E-state index contributed by atoms with van der Waals surface area (Å²) in [6.45, 7) is 5.84. The number of amides is 1. The lowest BCUT2D eigenvalue weighted by molar-refractivity contribution is -0.145. The first-order valence-corrected chi connectivity index (χ1v) is 9.28. The Morgan fingerprint density at radius 1 is 1.32 bits per heavy atom. The smallest absolute Gasteiger partial charge is 0.334 e. The minimum atomic E-state index is -1.37. The van der Waals surface area contributed by atoms with Gasteiger partial charge in [0, 0.05) is 5.92 Å². The molecule has 3 rings (SSSR count). The number of aromatic nitrogens is 1. The molecule has 25 heavy (non-hydrogen) atoms. The highest BCUT2D eigenvalue weighted by Crippen LogP contribution is 2.36. The number of carbonyl (C=O) groups is 2. The highest BCUT2D eigenvalue weighted by atomic mass is 32.1. The molecule has 2 aromatic rings. The zero-order valence-corrected chi connectivity index (χ0v) is 15.4. The average molecular weight is 358 g/mol. The number of hydrogen-bond donors (Lipinski definition) is 2. The molecule has 1 heterocycles. The van der Waals surface area contributed by atoms with Gasteiger partial charge in [-0.15, -0.1) is 11.3 Å². The fourth-order valence-electron chi connectivity index (χ4n) is 3.36. The van der Waals surface area contributed by atoms with Crippen molar-refractivity contribution in [3.05, 3.63) is 51.0 Å². The summed E-state index contributed by atoms with van der Waals surface area (Å²) in [5.41, 5.74) is 0.949. The van der Waals surface area contributed by atoms with Crippen LogP contribution in [-0.4, -0.2) is 22.0 Å². The number of aryl methyl sites for hydroxylation is 2. The Hall–Kier alpha value is -2.21. The molecule has 5 nitrogen and oxygen atoms in total. The van der Waals surface area contributed by atoms with Crippen molar-refractivity contribution >= 4 is 23.2 Å². The third-order valence-corrected chi connectivity index (χ3v) is 6.14. The average Bonchev–Trinajstić information content (AvgIpc) is 2.97. The summed E-state index contributed by atoms with van der Waals surface area (Å²) in [5, 5.41) is 13.7. The normalized spacial score (nSPS) is 19.5. The number of nitrogens with zero attached hydrogens (tertiary/aromatic N) is 1. The maximum atomic E-state index is 12.9. The Morgan fingerprint density at radius 3 is 2.68 bits per heavy atom. The summed E-state index contributed by atoms with van der Waals surface area (Å²) in [6.07, 6.45) is 1.95. The Morgan fingerprint density at radius 2 is 2.04 bits per heavy atom. The first kappa shape index (κ1) is 17.6. The lowest BCUT2D eigenvalue weighted by Gasteiger charge is -2.36. The van der Waals surface area contributed by atoms with Gasteiger partial charge in [-0.2, -0.15) is 0 Å². The molecule has 0 radical (unpaired) electrons. The van der Waals surface area contributed by atoms with Crippen molar-refractivity contribution in [2.24, 2.45) is 0 Å². The maximum Gasteiger partial charge on any atom is 0.334 e. The second-order valence-electron chi connectivity index (χ2n) is 6.80. The molecule has 6 heteroatoms. The van der Waals surface area contributed by atoms with Crippen LogP contribution in [0.4, 0.5) is 0 Å². The van der Waals surface area contributed by atoms with Crippen LogP contribution in [0.15, 0.2) is 24.3 Å². The van der Waals surface area contributed by atoms with Crippen molar-refractivity contribution in [2.45, 2.75) is 51.5 Å². The van der Waals surface area contributed by atoms with Crippen molar-refractivity contribution in [2.75, 3.05) is 0 Å². The van der Waals surface area contributed by atoms with Crippen molar-refractivity contribution in [3.8, 4) is 0 Å². The van der Waals surface area contributed by atoms with Crippen LogP contribution < -0.4 is 5.32 Å². The van der Waals surface area contributed by atoms with E-state index in [1.165, 1.54) is 11.3 Å². The van der Waals surface area contributed by atoms with E-state index >= 15 is 0 Å². The third-order valence-electron chi connectivity index (χ3n) is 4.68. The van der Waals surface area contributed by atoms with Gasteiger partial charge in [0.25, 0.3) is 5.91 Å². The van der Waals surface area contributed by atoms with Crippen molar-refractivity contribution < 1.29 is 14.7 Å².